The van der Waals surface area contributed by atoms with Gasteiger partial charge in [0.05, 0.1) is 0 Å². The zero-order valence-electron chi connectivity index (χ0n) is 11.1. The lowest BCUT2D eigenvalue weighted by Gasteiger charge is -2.18. The van der Waals surface area contributed by atoms with E-state index in [1.165, 1.54) is 17.2 Å². The molecule has 1 N–H and O–H groups in total. The summed E-state index contributed by atoms with van der Waals surface area (Å²) in [5.41, 5.74) is 3.10. The number of likely N-dealkylation sites (N-methyl/N-ethyl adjacent to an activating group) is 1. The van der Waals surface area contributed by atoms with E-state index in [0.29, 0.717) is 6.42 Å². The van der Waals surface area contributed by atoms with E-state index in [1.807, 2.05) is 25.2 Å². The first kappa shape index (κ1) is 14.2. The molecule has 100 valence electrons. The number of hydrogen-bond donors (Lipinski definition) is 1. The van der Waals surface area contributed by atoms with Crippen molar-refractivity contribution in [1.82, 2.24) is 5.32 Å². The number of aryl methyl sites for hydroxylation is 1. The Labute approximate surface area is 122 Å². The third-order valence-electron chi connectivity index (χ3n) is 3.31. The zero-order valence-corrected chi connectivity index (χ0v) is 12.7. The summed E-state index contributed by atoms with van der Waals surface area (Å²) in [7, 11) is 1.91. The van der Waals surface area contributed by atoms with E-state index in [9.17, 15) is 4.39 Å². The molecule has 0 aliphatic heterocycles. The second-order valence-electron chi connectivity index (χ2n) is 4.65. The first-order valence-corrected chi connectivity index (χ1v) is 7.08. The van der Waals surface area contributed by atoms with E-state index in [1.54, 1.807) is 6.07 Å². The number of hydrogen-bond acceptors (Lipinski definition) is 1. The molecule has 0 fully saturated rings. The number of rotatable bonds is 4. The Bertz CT molecular complexity index is 568. The highest BCUT2D eigenvalue weighted by atomic mass is 79.9. The predicted octanol–water partition coefficient (Wildman–Crippen LogP) is 4.40. The lowest BCUT2D eigenvalue weighted by molar-refractivity contribution is 0.554. The molecular weight excluding hydrogens is 305 g/mol. The minimum absolute atomic E-state index is 0.115. The average Bonchev–Trinajstić information content (AvgIpc) is 2.41. The Hall–Kier alpha value is -1.19. The van der Waals surface area contributed by atoms with Crippen LogP contribution in [-0.2, 0) is 6.42 Å². The second-order valence-corrected chi connectivity index (χ2v) is 5.50. The summed E-state index contributed by atoms with van der Waals surface area (Å²) < 4.78 is 14.8. The van der Waals surface area contributed by atoms with Gasteiger partial charge in [-0.25, -0.2) is 4.39 Å². The van der Waals surface area contributed by atoms with Crippen molar-refractivity contribution in [3.8, 4) is 0 Å². The van der Waals surface area contributed by atoms with Crippen LogP contribution in [0.4, 0.5) is 4.39 Å². The van der Waals surface area contributed by atoms with Gasteiger partial charge >= 0.3 is 0 Å². The quantitative estimate of drug-likeness (QED) is 0.880. The van der Waals surface area contributed by atoms with Crippen LogP contribution in [0.2, 0.25) is 0 Å². The molecule has 1 atom stereocenters. The predicted molar refractivity (Wildman–Crippen MR) is 80.8 cm³/mol. The monoisotopic (exact) mass is 321 g/mol. The van der Waals surface area contributed by atoms with Crippen molar-refractivity contribution in [3.63, 3.8) is 0 Å². The lowest BCUT2D eigenvalue weighted by Crippen LogP contribution is -2.19. The van der Waals surface area contributed by atoms with Crippen LogP contribution in [0.5, 0.6) is 0 Å². The van der Waals surface area contributed by atoms with Crippen LogP contribution in [-0.4, -0.2) is 7.05 Å². The van der Waals surface area contributed by atoms with Crippen molar-refractivity contribution in [2.24, 2.45) is 0 Å². The van der Waals surface area contributed by atoms with Gasteiger partial charge in [0.15, 0.2) is 0 Å². The van der Waals surface area contributed by atoms with Gasteiger partial charge in [0, 0.05) is 10.5 Å². The van der Waals surface area contributed by atoms with Crippen LogP contribution in [0.25, 0.3) is 0 Å². The Balaban J connectivity index is 2.25. The van der Waals surface area contributed by atoms with Crippen LogP contribution in [0.1, 0.15) is 22.7 Å². The third-order valence-corrected chi connectivity index (χ3v) is 4.20. The molecule has 3 heteroatoms. The molecule has 0 spiro atoms. The van der Waals surface area contributed by atoms with Crippen LogP contribution < -0.4 is 5.32 Å². The zero-order chi connectivity index (χ0) is 13.8. The topological polar surface area (TPSA) is 12.0 Å². The maximum Gasteiger partial charge on any atom is 0.126 e. The fraction of sp³-hybridized carbons (Fsp3) is 0.250. The molecule has 0 amide bonds. The molecule has 2 aromatic carbocycles. The highest BCUT2D eigenvalue weighted by Gasteiger charge is 2.13. The fourth-order valence-corrected chi connectivity index (χ4v) is 2.40. The summed E-state index contributed by atoms with van der Waals surface area (Å²) in [5.74, 6) is -0.142. The van der Waals surface area contributed by atoms with E-state index in [2.05, 4.69) is 40.3 Å². The van der Waals surface area contributed by atoms with Crippen molar-refractivity contribution >= 4 is 15.9 Å². The molecule has 1 unspecified atom stereocenters. The van der Waals surface area contributed by atoms with E-state index in [0.717, 1.165) is 10.0 Å². The number of nitrogens with one attached hydrogen (secondary N) is 1. The van der Waals surface area contributed by atoms with Gasteiger partial charge < -0.3 is 5.32 Å². The molecule has 2 aromatic rings. The van der Waals surface area contributed by atoms with E-state index in [-0.39, 0.29) is 11.9 Å². The van der Waals surface area contributed by atoms with Crippen LogP contribution in [0.15, 0.2) is 46.9 Å². The summed E-state index contributed by atoms with van der Waals surface area (Å²) in [5, 5.41) is 3.26. The normalized spacial score (nSPS) is 12.4. The Morgan fingerprint density at radius 1 is 1.21 bits per heavy atom. The highest BCUT2D eigenvalue weighted by molar-refractivity contribution is 9.10. The minimum atomic E-state index is -0.142. The van der Waals surface area contributed by atoms with Crippen LogP contribution in [0.3, 0.4) is 0 Å². The van der Waals surface area contributed by atoms with Crippen LogP contribution >= 0.6 is 15.9 Å². The molecule has 0 aromatic heterocycles. The smallest absolute Gasteiger partial charge is 0.126 e. The van der Waals surface area contributed by atoms with Crippen molar-refractivity contribution in [3.05, 3.63) is 69.4 Å². The van der Waals surface area contributed by atoms with Crippen molar-refractivity contribution in [2.75, 3.05) is 7.05 Å². The maximum absolute atomic E-state index is 13.7. The summed E-state index contributed by atoms with van der Waals surface area (Å²) in [6.07, 6.45) is 0.643. The van der Waals surface area contributed by atoms with E-state index >= 15 is 0 Å². The Morgan fingerprint density at radius 3 is 2.58 bits per heavy atom. The van der Waals surface area contributed by atoms with Crippen molar-refractivity contribution < 1.29 is 4.39 Å². The first-order chi connectivity index (χ1) is 9.11. The molecule has 0 heterocycles. The van der Waals surface area contributed by atoms with Gasteiger partial charge in [-0.2, -0.15) is 0 Å². The summed E-state index contributed by atoms with van der Waals surface area (Å²) in [4.78, 5) is 0. The van der Waals surface area contributed by atoms with Crippen LogP contribution in [0, 0.1) is 12.7 Å². The molecular formula is C16H17BrFN. The number of benzene rings is 2. The minimum Gasteiger partial charge on any atom is -0.313 e. The van der Waals surface area contributed by atoms with Crippen molar-refractivity contribution in [2.45, 2.75) is 19.4 Å². The molecule has 0 aliphatic rings. The average molecular weight is 322 g/mol. The highest BCUT2D eigenvalue weighted by Crippen LogP contribution is 2.24. The van der Waals surface area contributed by atoms with Gasteiger partial charge in [-0.05, 0) is 49.2 Å². The van der Waals surface area contributed by atoms with Crippen molar-refractivity contribution in [1.29, 1.82) is 0 Å². The maximum atomic E-state index is 13.7. The molecule has 1 nitrogen and oxygen atoms in total. The molecule has 0 aliphatic carbocycles. The first-order valence-electron chi connectivity index (χ1n) is 6.28. The Kier molecular flexibility index (Phi) is 4.72. The largest absolute Gasteiger partial charge is 0.313 e. The van der Waals surface area contributed by atoms with Gasteiger partial charge in [-0.3, -0.25) is 0 Å². The molecule has 19 heavy (non-hydrogen) atoms. The van der Waals surface area contributed by atoms with Gasteiger partial charge in [0.2, 0.25) is 0 Å². The fourth-order valence-electron chi connectivity index (χ4n) is 2.16. The second kappa shape index (κ2) is 6.31. The van der Waals surface area contributed by atoms with Gasteiger partial charge in [0.1, 0.15) is 5.82 Å². The Morgan fingerprint density at radius 2 is 1.95 bits per heavy atom. The molecule has 0 saturated carbocycles. The van der Waals surface area contributed by atoms with E-state index in [4.69, 9.17) is 0 Å². The SMILES string of the molecule is CNC(Cc1ccccc1F)c1ccc(Br)c(C)c1. The van der Waals surface area contributed by atoms with Gasteiger partial charge in [0.25, 0.3) is 0 Å². The standard InChI is InChI=1S/C16H17BrFN/c1-11-9-13(7-8-14(11)17)16(19-2)10-12-5-3-4-6-15(12)18/h3-9,16,19H,10H2,1-2H3. The van der Waals surface area contributed by atoms with E-state index < -0.39 is 0 Å². The molecule has 0 saturated heterocycles. The molecule has 2 rings (SSSR count). The van der Waals surface area contributed by atoms with Gasteiger partial charge in [-0.15, -0.1) is 0 Å². The number of halogens is 2. The van der Waals surface area contributed by atoms with Gasteiger partial charge in [-0.1, -0.05) is 46.3 Å². The molecule has 0 bridgehead atoms. The summed E-state index contributed by atoms with van der Waals surface area (Å²) >= 11 is 3.50. The summed E-state index contributed by atoms with van der Waals surface area (Å²) in [6.45, 7) is 2.06. The summed E-state index contributed by atoms with van der Waals surface area (Å²) in [6, 6.07) is 13.3. The third kappa shape index (κ3) is 3.43. The molecule has 0 radical (unpaired) electrons. The lowest BCUT2D eigenvalue weighted by atomic mass is 9.97.